The molecular formula is C10H21NO. The molecule has 2 nitrogen and oxygen atoms in total. The summed E-state index contributed by atoms with van der Waals surface area (Å²) in [5.74, 6) is 0. The fourth-order valence-electron chi connectivity index (χ4n) is 1.21. The summed E-state index contributed by atoms with van der Waals surface area (Å²) in [6.45, 7) is 8.94. The molecule has 0 aromatic rings. The van der Waals surface area contributed by atoms with Crippen LogP contribution < -0.4 is 5.73 Å². The minimum Gasteiger partial charge on any atom is -0.377 e. The monoisotopic (exact) mass is 171 g/mol. The molecule has 0 aliphatic carbocycles. The summed E-state index contributed by atoms with van der Waals surface area (Å²) in [6.07, 6.45) is 3.20. The Bertz CT molecular complexity index is 139. The van der Waals surface area contributed by atoms with Crippen molar-refractivity contribution in [2.24, 2.45) is 5.73 Å². The van der Waals surface area contributed by atoms with Gasteiger partial charge in [0.1, 0.15) is 0 Å². The summed E-state index contributed by atoms with van der Waals surface area (Å²) in [5, 5.41) is 0. The molecule has 0 heterocycles. The van der Waals surface area contributed by atoms with Gasteiger partial charge in [-0.25, -0.2) is 0 Å². The van der Waals surface area contributed by atoms with Crippen molar-refractivity contribution in [3.63, 3.8) is 0 Å². The molecule has 2 heteroatoms. The lowest BCUT2D eigenvalue weighted by molar-refractivity contribution is 0.0516. The maximum Gasteiger partial charge on any atom is 0.0759 e. The molecule has 72 valence electrons. The van der Waals surface area contributed by atoms with Gasteiger partial charge in [-0.3, -0.25) is 0 Å². The molecule has 0 spiro atoms. The first-order chi connectivity index (χ1) is 5.61. The van der Waals surface area contributed by atoms with Crippen LogP contribution in [0.15, 0.2) is 11.6 Å². The smallest absolute Gasteiger partial charge is 0.0759 e. The average Bonchev–Trinajstić information content (AvgIpc) is 1.98. The van der Waals surface area contributed by atoms with E-state index in [1.54, 1.807) is 0 Å². The standard InChI is InChI=1S/C10H21NO/c1-5-10(12-6-2)9(11)7-8(3)4/h7,9-10H,5-6,11H2,1-4H3. The van der Waals surface area contributed by atoms with Crippen molar-refractivity contribution in [2.75, 3.05) is 6.61 Å². The van der Waals surface area contributed by atoms with Crippen molar-refractivity contribution < 1.29 is 4.74 Å². The van der Waals surface area contributed by atoms with Crippen LogP contribution in [0.2, 0.25) is 0 Å². The first kappa shape index (κ1) is 11.7. The van der Waals surface area contributed by atoms with E-state index in [2.05, 4.69) is 26.8 Å². The van der Waals surface area contributed by atoms with E-state index in [9.17, 15) is 0 Å². The van der Waals surface area contributed by atoms with Crippen LogP contribution in [0.25, 0.3) is 0 Å². The highest BCUT2D eigenvalue weighted by Gasteiger charge is 2.12. The van der Waals surface area contributed by atoms with E-state index >= 15 is 0 Å². The normalized spacial score (nSPS) is 15.4. The van der Waals surface area contributed by atoms with Crippen LogP contribution in [0.3, 0.4) is 0 Å². The van der Waals surface area contributed by atoms with Gasteiger partial charge < -0.3 is 10.5 Å². The molecule has 2 N–H and O–H groups in total. The molecule has 0 aromatic heterocycles. The molecule has 0 fully saturated rings. The summed E-state index contributed by atoms with van der Waals surface area (Å²) >= 11 is 0. The van der Waals surface area contributed by atoms with Crippen LogP contribution in [-0.4, -0.2) is 18.8 Å². The van der Waals surface area contributed by atoms with Crippen LogP contribution in [0.5, 0.6) is 0 Å². The first-order valence-corrected chi connectivity index (χ1v) is 4.64. The van der Waals surface area contributed by atoms with Gasteiger partial charge >= 0.3 is 0 Å². The fourth-order valence-corrected chi connectivity index (χ4v) is 1.21. The zero-order valence-corrected chi connectivity index (χ0v) is 8.63. The van der Waals surface area contributed by atoms with Crippen LogP contribution in [0.1, 0.15) is 34.1 Å². The Labute approximate surface area is 75.8 Å². The van der Waals surface area contributed by atoms with Gasteiger partial charge in [0.25, 0.3) is 0 Å². The summed E-state index contributed by atoms with van der Waals surface area (Å²) in [7, 11) is 0. The van der Waals surface area contributed by atoms with Gasteiger partial charge in [-0.15, -0.1) is 0 Å². The molecule has 0 aliphatic heterocycles. The SMILES string of the molecule is CCOC(CC)C(N)C=C(C)C. The summed E-state index contributed by atoms with van der Waals surface area (Å²) < 4.78 is 5.48. The highest BCUT2D eigenvalue weighted by Crippen LogP contribution is 2.05. The Hall–Kier alpha value is -0.340. The van der Waals surface area contributed by atoms with Gasteiger partial charge in [0, 0.05) is 12.6 Å². The van der Waals surface area contributed by atoms with Gasteiger partial charge in [0.15, 0.2) is 0 Å². The summed E-state index contributed by atoms with van der Waals surface area (Å²) in [4.78, 5) is 0. The molecule has 0 rings (SSSR count). The Morgan fingerprint density at radius 2 is 2.00 bits per heavy atom. The van der Waals surface area contributed by atoms with Crippen molar-refractivity contribution in [2.45, 2.75) is 46.3 Å². The zero-order valence-electron chi connectivity index (χ0n) is 8.63. The zero-order chi connectivity index (χ0) is 9.56. The number of hydrogen-bond donors (Lipinski definition) is 1. The van der Waals surface area contributed by atoms with Crippen molar-refractivity contribution in [1.29, 1.82) is 0 Å². The molecule has 0 radical (unpaired) electrons. The minimum atomic E-state index is 0.0416. The molecule has 0 saturated carbocycles. The molecule has 2 unspecified atom stereocenters. The summed E-state index contributed by atoms with van der Waals surface area (Å²) in [5.41, 5.74) is 7.16. The van der Waals surface area contributed by atoms with E-state index in [1.807, 2.05) is 6.92 Å². The first-order valence-electron chi connectivity index (χ1n) is 4.64. The maximum absolute atomic E-state index is 5.91. The minimum absolute atomic E-state index is 0.0416. The predicted molar refractivity (Wildman–Crippen MR) is 53.1 cm³/mol. The van der Waals surface area contributed by atoms with Crippen molar-refractivity contribution in [3.05, 3.63) is 11.6 Å². The average molecular weight is 171 g/mol. The number of hydrogen-bond acceptors (Lipinski definition) is 2. The molecule has 0 aromatic carbocycles. The largest absolute Gasteiger partial charge is 0.377 e. The number of allylic oxidation sites excluding steroid dienone is 1. The Balaban J connectivity index is 4.02. The number of rotatable bonds is 5. The van der Waals surface area contributed by atoms with Gasteiger partial charge in [-0.05, 0) is 27.2 Å². The van der Waals surface area contributed by atoms with Crippen molar-refractivity contribution in [3.8, 4) is 0 Å². The third-order valence-corrected chi connectivity index (χ3v) is 1.74. The van der Waals surface area contributed by atoms with E-state index in [4.69, 9.17) is 10.5 Å². The quantitative estimate of drug-likeness (QED) is 0.643. The van der Waals surface area contributed by atoms with Gasteiger partial charge in [-0.2, -0.15) is 0 Å². The lowest BCUT2D eigenvalue weighted by atomic mass is 10.1. The van der Waals surface area contributed by atoms with Crippen LogP contribution in [-0.2, 0) is 4.74 Å². The fraction of sp³-hybridized carbons (Fsp3) is 0.800. The van der Waals surface area contributed by atoms with Gasteiger partial charge in [-0.1, -0.05) is 18.6 Å². The van der Waals surface area contributed by atoms with Crippen LogP contribution in [0, 0.1) is 0 Å². The summed E-state index contributed by atoms with van der Waals surface area (Å²) in [6, 6.07) is 0.0416. The molecule has 2 atom stereocenters. The Kier molecular flexibility index (Phi) is 6.03. The van der Waals surface area contributed by atoms with E-state index in [-0.39, 0.29) is 12.1 Å². The highest BCUT2D eigenvalue weighted by atomic mass is 16.5. The lowest BCUT2D eigenvalue weighted by Crippen LogP contribution is -2.34. The van der Waals surface area contributed by atoms with E-state index < -0.39 is 0 Å². The van der Waals surface area contributed by atoms with E-state index in [0.717, 1.165) is 13.0 Å². The highest BCUT2D eigenvalue weighted by molar-refractivity contribution is 5.02. The predicted octanol–water partition coefficient (Wildman–Crippen LogP) is 2.09. The Morgan fingerprint density at radius 1 is 1.42 bits per heavy atom. The molecule has 0 bridgehead atoms. The molecule has 0 saturated heterocycles. The lowest BCUT2D eigenvalue weighted by Gasteiger charge is -2.19. The molecule has 0 aliphatic rings. The number of nitrogens with two attached hydrogens (primary N) is 1. The second-order valence-corrected chi connectivity index (χ2v) is 3.22. The second kappa shape index (κ2) is 6.21. The maximum atomic E-state index is 5.91. The number of ether oxygens (including phenoxy) is 1. The van der Waals surface area contributed by atoms with Crippen LogP contribution >= 0.6 is 0 Å². The van der Waals surface area contributed by atoms with Gasteiger partial charge in [0.2, 0.25) is 0 Å². The third kappa shape index (κ3) is 4.52. The van der Waals surface area contributed by atoms with E-state index in [1.165, 1.54) is 5.57 Å². The second-order valence-electron chi connectivity index (χ2n) is 3.22. The van der Waals surface area contributed by atoms with Crippen LogP contribution in [0.4, 0.5) is 0 Å². The Morgan fingerprint density at radius 3 is 2.33 bits per heavy atom. The molecule has 0 amide bonds. The van der Waals surface area contributed by atoms with E-state index in [0.29, 0.717) is 0 Å². The molecule has 12 heavy (non-hydrogen) atoms. The third-order valence-electron chi connectivity index (χ3n) is 1.74. The van der Waals surface area contributed by atoms with Crippen molar-refractivity contribution in [1.82, 2.24) is 0 Å². The van der Waals surface area contributed by atoms with Crippen molar-refractivity contribution >= 4 is 0 Å². The molecular weight excluding hydrogens is 150 g/mol. The topological polar surface area (TPSA) is 35.2 Å². The van der Waals surface area contributed by atoms with Gasteiger partial charge in [0.05, 0.1) is 6.10 Å².